The van der Waals surface area contributed by atoms with E-state index in [1.165, 1.54) is 30.5 Å². The lowest BCUT2D eigenvalue weighted by Gasteiger charge is -2.08. The van der Waals surface area contributed by atoms with Crippen molar-refractivity contribution < 1.29 is 13.2 Å². The Kier molecular flexibility index (Phi) is 4.48. The smallest absolute Gasteiger partial charge is 0.272 e. The molecule has 128 valence electrons. The van der Waals surface area contributed by atoms with E-state index in [1.54, 1.807) is 31.3 Å². The second kappa shape index (κ2) is 6.73. The number of aromatic nitrogens is 3. The number of amides is 1. The predicted octanol–water partition coefficient (Wildman–Crippen LogP) is 2.17. The van der Waals surface area contributed by atoms with Crippen LogP contribution in [0.4, 0.5) is 11.6 Å². The van der Waals surface area contributed by atoms with Gasteiger partial charge in [0, 0.05) is 23.8 Å². The Balaban J connectivity index is 1.73. The van der Waals surface area contributed by atoms with Crippen LogP contribution in [0.15, 0.2) is 59.8 Å². The maximum Gasteiger partial charge on any atom is 0.272 e. The van der Waals surface area contributed by atoms with E-state index >= 15 is 0 Å². The van der Waals surface area contributed by atoms with E-state index < -0.39 is 10.0 Å². The van der Waals surface area contributed by atoms with Crippen molar-refractivity contribution in [2.75, 3.05) is 10.0 Å². The maximum atomic E-state index is 12.3. The van der Waals surface area contributed by atoms with Gasteiger partial charge >= 0.3 is 0 Å². The molecule has 0 unspecified atom stereocenters. The summed E-state index contributed by atoms with van der Waals surface area (Å²) >= 11 is 0. The number of benzene rings is 1. The molecule has 0 bridgehead atoms. The van der Waals surface area contributed by atoms with Gasteiger partial charge in [0.15, 0.2) is 0 Å². The molecule has 2 heterocycles. The van der Waals surface area contributed by atoms with Gasteiger partial charge in [0.25, 0.3) is 15.9 Å². The van der Waals surface area contributed by atoms with Crippen molar-refractivity contribution in [2.45, 2.75) is 11.8 Å². The molecule has 25 heavy (non-hydrogen) atoms. The average molecular weight is 357 g/mol. The van der Waals surface area contributed by atoms with E-state index in [0.29, 0.717) is 17.1 Å². The quantitative estimate of drug-likeness (QED) is 0.647. The molecule has 0 saturated heterocycles. The third kappa shape index (κ3) is 4.01. The minimum absolute atomic E-state index is 0.00382. The van der Waals surface area contributed by atoms with Crippen LogP contribution in [-0.4, -0.2) is 29.3 Å². The molecule has 0 radical (unpaired) electrons. The summed E-state index contributed by atoms with van der Waals surface area (Å²) in [6.07, 6.45) is 3.11. The highest BCUT2D eigenvalue weighted by Gasteiger charge is 2.16. The van der Waals surface area contributed by atoms with Crippen molar-refractivity contribution in [1.29, 1.82) is 0 Å². The number of hydrogen-bond acceptors (Lipinski definition) is 5. The van der Waals surface area contributed by atoms with Crippen LogP contribution in [0.1, 0.15) is 16.2 Å². The normalized spacial score (nSPS) is 11.1. The summed E-state index contributed by atoms with van der Waals surface area (Å²) in [5.74, 6) is -0.309. The zero-order valence-corrected chi connectivity index (χ0v) is 14.0. The van der Waals surface area contributed by atoms with Gasteiger partial charge in [0.1, 0.15) is 5.69 Å². The van der Waals surface area contributed by atoms with Crippen molar-refractivity contribution in [1.82, 2.24) is 15.0 Å². The molecule has 0 spiro atoms. The number of aryl methyl sites for hydroxylation is 1. The molecule has 9 heteroatoms. The van der Waals surface area contributed by atoms with Crippen LogP contribution >= 0.6 is 0 Å². The van der Waals surface area contributed by atoms with Gasteiger partial charge in [-0.1, -0.05) is 0 Å². The van der Waals surface area contributed by atoms with Crippen LogP contribution in [0.3, 0.4) is 0 Å². The fourth-order valence-corrected chi connectivity index (χ4v) is 3.02. The third-order valence-corrected chi connectivity index (χ3v) is 4.63. The van der Waals surface area contributed by atoms with E-state index in [9.17, 15) is 13.2 Å². The topological polar surface area (TPSA) is 117 Å². The number of sulfonamides is 1. The van der Waals surface area contributed by atoms with E-state index in [4.69, 9.17) is 0 Å². The lowest BCUT2D eigenvalue weighted by Crippen LogP contribution is -2.16. The molecule has 0 atom stereocenters. The van der Waals surface area contributed by atoms with Gasteiger partial charge < -0.3 is 10.3 Å². The first-order valence-electron chi connectivity index (χ1n) is 7.31. The van der Waals surface area contributed by atoms with Crippen molar-refractivity contribution in [3.05, 3.63) is 66.2 Å². The Morgan fingerprint density at radius 1 is 1.12 bits per heavy atom. The summed E-state index contributed by atoms with van der Waals surface area (Å²) < 4.78 is 27.0. The van der Waals surface area contributed by atoms with Crippen LogP contribution in [0, 0.1) is 6.92 Å². The Morgan fingerprint density at radius 2 is 1.88 bits per heavy atom. The maximum absolute atomic E-state index is 12.3. The average Bonchev–Trinajstić information content (AvgIpc) is 3.09. The molecule has 0 fully saturated rings. The highest BCUT2D eigenvalue weighted by Crippen LogP contribution is 2.17. The van der Waals surface area contributed by atoms with Gasteiger partial charge in [-0.05, 0) is 49.4 Å². The van der Waals surface area contributed by atoms with Crippen LogP contribution in [0.25, 0.3) is 0 Å². The molecule has 3 N–H and O–H groups in total. The zero-order valence-electron chi connectivity index (χ0n) is 13.2. The monoisotopic (exact) mass is 357 g/mol. The first-order valence-corrected chi connectivity index (χ1v) is 8.80. The molecule has 3 aromatic rings. The highest BCUT2D eigenvalue weighted by atomic mass is 32.2. The van der Waals surface area contributed by atoms with Crippen molar-refractivity contribution in [3.8, 4) is 0 Å². The largest absolute Gasteiger partial charge is 0.357 e. The Hall–Kier alpha value is -3.20. The molecule has 3 rings (SSSR count). The van der Waals surface area contributed by atoms with Gasteiger partial charge in [-0.3, -0.25) is 4.79 Å². The number of anilines is 2. The second-order valence-corrected chi connectivity index (χ2v) is 6.87. The summed E-state index contributed by atoms with van der Waals surface area (Å²) in [6.45, 7) is 1.74. The molecule has 1 amide bonds. The van der Waals surface area contributed by atoms with Crippen LogP contribution in [0.5, 0.6) is 0 Å². The fourth-order valence-electron chi connectivity index (χ4n) is 2.06. The minimum atomic E-state index is -3.81. The first-order chi connectivity index (χ1) is 11.9. The van der Waals surface area contributed by atoms with Gasteiger partial charge in [0.05, 0.1) is 4.90 Å². The van der Waals surface area contributed by atoms with E-state index in [2.05, 4.69) is 25.0 Å². The number of carbonyl (C=O) groups is 1. The molecule has 1 aromatic carbocycles. The van der Waals surface area contributed by atoms with Crippen LogP contribution in [-0.2, 0) is 10.0 Å². The van der Waals surface area contributed by atoms with E-state index in [0.717, 1.165) is 0 Å². The molecule has 0 aliphatic heterocycles. The highest BCUT2D eigenvalue weighted by molar-refractivity contribution is 7.92. The standard InChI is InChI=1S/C16H15N5O3S/c1-11-8-10-18-16(19-11)21-25(23,24)13-6-4-12(5-7-13)20-15(22)14-3-2-9-17-14/h2-10,17H,1H3,(H,20,22)(H,18,19,21). The minimum Gasteiger partial charge on any atom is -0.357 e. The zero-order chi connectivity index (χ0) is 17.9. The third-order valence-electron chi connectivity index (χ3n) is 3.29. The number of rotatable bonds is 5. The Morgan fingerprint density at radius 3 is 2.52 bits per heavy atom. The number of aromatic amines is 1. The SMILES string of the molecule is Cc1ccnc(NS(=O)(=O)c2ccc(NC(=O)c3ccc[nH]3)cc2)n1. The molecular weight excluding hydrogens is 342 g/mol. The number of H-pyrrole nitrogens is 1. The molecule has 0 aliphatic rings. The lowest BCUT2D eigenvalue weighted by molar-refractivity contribution is 0.102. The predicted molar refractivity (Wildman–Crippen MR) is 92.8 cm³/mol. The van der Waals surface area contributed by atoms with Crippen molar-refractivity contribution in [2.24, 2.45) is 0 Å². The lowest BCUT2D eigenvalue weighted by atomic mass is 10.3. The van der Waals surface area contributed by atoms with Gasteiger partial charge in [-0.2, -0.15) is 0 Å². The molecular formula is C16H15N5O3S. The van der Waals surface area contributed by atoms with Crippen molar-refractivity contribution in [3.63, 3.8) is 0 Å². The molecule has 2 aromatic heterocycles. The summed E-state index contributed by atoms with van der Waals surface area (Å²) in [6, 6.07) is 10.8. The fraction of sp³-hybridized carbons (Fsp3) is 0.0625. The number of carbonyl (C=O) groups excluding carboxylic acids is 1. The summed E-state index contributed by atoms with van der Waals surface area (Å²) in [7, 11) is -3.81. The number of nitrogens with zero attached hydrogens (tertiary/aromatic N) is 2. The van der Waals surface area contributed by atoms with Gasteiger partial charge in [-0.15, -0.1) is 0 Å². The molecule has 0 aliphatic carbocycles. The molecule has 8 nitrogen and oxygen atoms in total. The second-order valence-electron chi connectivity index (χ2n) is 5.19. The summed E-state index contributed by atoms with van der Waals surface area (Å²) in [5, 5.41) is 2.67. The number of nitrogens with one attached hydrogen (secondary N) is 3. The Bertz CT molecular complexity index is 983. The van der Waals surface area contributed by atoms with E-state index in [-0.39, 0.29) is 16.8 Å². The summed E-state index contributed by atoms with van der Waals surface area (Å²) in [5.41, 5.74) is 1.54. The van der Waals surface area contributed by atoms with E-state index in [1.807, 2.05) is 0 Å². The van der Waals surface area contributed by atoms with Crippen molar-refractivity contribution >= 4 is 27.6 Å². The van der Waals surface area contributed by atoms with Gasteiger partial charge in [-0.25, -0.2) is 23.1 Å². The Labute approximate surface area is 144 Å². The number of hydrogen-bond donors (Lipinski definition) is 3. The van der Waals surface area contributed by atoms with Gasteiger partial charge in [0.2, 0.25) is 5.95 Å². The first kappa shape index (κ1) is 16.7. The van der Waals surface area contributed by atoms with Crippen LogP contribution in [0.2, 0.25) is 0 Å². The molecule has 0 saturated carbocycles. The van der Waals surface area contributed by atoms with Crippen LogP contribution < -0.4 is 10.0 Å². The summed E-state index contributed by atoms with van der Waals surface area (Å²) in [4.78, 5) is 22.7.